The van der Waals surface area contributed by atoms with Gasteiger partial charge in [-0.15, -0.1) is 11.3 Å². The number of urea groups is 1. The first-order chi connectivity index (χ1) is 13.0. The number of nitrogens with zero attached hydrogens (tertiary/aromatic N) is 4. The van der Waals surface area contributed by atoms with Crippen LogP contribution in [-0.4, -0.2) is 57.9 Å². The van der Waals surface area contributed by atoms with Crippen LogP contribution < -0.4 is 16.0 Å². The molecule has 2 aromatic heterocycles. The van der Waals surface area contributed by atoms with Gasteiger partial charge >= 0.3 is 6.03 Å². The Hall–Kier alpha value is -2.62. The van der Waals surface area contributed by atoms with Gasteiger partial charge in [-0.05, 0) is 25.7 Å². The van der Waals surface area contributed by atoms with Crippen LogP contribution in [0.25, 0.3) is 4.96 Å². The number of fused-ring (bicyclic) bond motifs is 1. The van der Waals surface area contributed by atoms with Gasteiger partial charge in [0.2, 0.25) is 0 Å². The Bertz CT molecular complexity index is 868. The number of carbonyl (C=O) groups excluding carboxylic acids is 2. The number of hydrogen-bond donors (Lipinski definition) is 3. The zero-order valence-electron chi connectivity index (χ0n) is 15.4. The highest BCUT2D eigenvalue weighted by Gasteiger charge is 2.48. The van der Waals surface area contributed by atoms with Gasteiger partial charge in [-0.3, -0.25) is 19.5 Å². The van der Waals surface area contributed by atoms with Crippen LogP contribution in [0.1, 0.15) is 25.5 Å². The fourth-order valence-corrected chi connectivity index (χ4v) is 4.60. The van der Waals surface area contributed by atoms with Gasteiger partial charge in [-0.2, -0.15) is 0 Å². The van der Waals surface area contributed by atoms with Gasteiger partial charge in [0.15, 0.2) is 10.9 Å². The number of piperidine rings is 1. The molecule has 2 aliphatic heterocycles. The molecule has 2 fully saturated rings. The molecule has 0 bridgehead atoms. The number of nitrogens with one attached hydrogen (secondary N) is 3. The lowest BCUT2D eigenvalue weighted by atomic mass is 9.79. The van der Waals surface area contributed by atoms with Gasteiger partial charge in [0.1, 0.15) is 5.54 Å². The number of carbonyl (C=O) groups is 2. The lowest BCUT2D eigenvalue weighted by Crippen LogP contribution is -2.55. The molecule has 2 aromatic rings. The predicted octanol–water partition coefficient (Wildman–Crippen LogP) is 0.781. The molecule has 2 saturated heterocycles. The predicted molar refractivity (Wildman–Crippen MR) is 103 cm³/mol. The maximum Gasteiger partial charge on any atom is 0.322 e. The van der Waals surface area contributed by atoms with Crippen LogP contribution in [0.2, 0.25) is 0 Å². The summed E-state index contributed by atoms with van der Waals surface area (Å²) in [6.45, 7) is 3.98. The molecule has 2 aliphatic rings. The van der Waals surface area contributed by atoms with Gasteiger partial charge in [-0.25, -0.2) is 9.78 Å². The van der Waals surface area contributed by atoms with Crippen molar-refractivity contribution in [1.29, 1.82) is 0 Å². The maximum absolute atomic E-state index is 12.1. The first-order valence-electron chi connectivity index (χ1n) is 9.00. The van der Waals surface area contributed by atoms with E-state index in [0.717, 1.165) is 42.5 Å². The molecule has 0 aliphatic carbocycles. The monoisotopic (exact) mass is 389 g/mol. The summed E-state index contributed by atoms with van der Waals surface area (Å²) in [5.74, 6) is 0.710. The Labute approximate surface area is 160 Å². The maximum atomic E-state index is 12.1. The summed E-state index contributed by atoms with van der Waals surface area (Å²) >= 11 is 1.61. The lowest BCUT2D eigenvalue weighted by Gasteiger charge is -2.39. The summed E-state index contributed by atoms with van der Waals surface area (Å²) in [5.41, 5.74) is 0.151. The largest absolute Gasteiger partial charge is 0.351 e. The molecule has 144 valence electrons. The number of imidazole rings is 1. The first-order valence-corrected chi connectivity index (χ1v) is 9.88. The van der Waals surface area contributed by atoms with Crippen LogP contribution in [0, 0.1) is 5.92 Å². The van der Waals surface area contributed by atoms with Crippen molar-refractivity contribution >= 4 is 34.2 Å². The molecule has 4 rings (SSSR count). The average Bonchev–Trinajstić information content (AvgIpc) is 3.30. The third kappa shape index (κ3) is 3.25. The smallest absolute Gasteiger partial charge is 0.322 e. The SMILES string of the molecule is CN=C(NCc1cn2ccsc2n1)N1CCC(C2(C)NC(=O)NC2=O)CC1. The van der Waals surface area contributed by atoms with Crippen LogP contribution in [0.5, 0.6) is 0 Å². The van der Waals surface area contributed by atoms with Crippen molar-refractivity contribution in [1.82, 2.24) is 30.2 Å². The van der Waals surface area contributed by atoms with E-state index in [9.17, 15) is 9.59 Å². The van der Waals surface area contributed by atoms with E-state index in [0.29, 0.717) is 6.54 Å². The number of aliphatic imine (C=N–C) groups is 1. The highest BCUT2D eigenvalue weighted by Crippen LogP contribution is 2.30. The highest BCUT2D eigenvalue weighted by molar-refractivity contribution is 7.15. The minimum atomic E-state index is -0.817. The zero-order chi connectivity index (χ0) is 19.0. The summed E-state index contributed by atoms with van der Waals surface area (Å²) in [6.07, 6.45) is 5.63. The molecule has 0 radical (unpaired) electrons. The molecule has 10 heteroatoms. The van der Waals surface area contributed by atoms with Crippen molar-refractivity contribution in [2.75, 3.05) is 20.1 Å². The topological polar surface area (TPSA) is 103 Å². The number of amides is 3. The van der Waals surface area contributed by atoms with Gasteiger partial charge in [0, 0.05) is 37.9 Å². The Morgan fingerprint density at radius 1 is 1.44 bits per heavy atom. The van der Waals surface area contributed by atoms with Crippen LogP contribution in [-0.2, 0) is 11.3 Å². The van der Waals surface area contributed by atoms with E-state index in [1.165, 1.54) is 0 Å². The van der Waals surface area contributed by atoms with Gasteiger partial charge in [0.25, 0.3) is 5.91 Å². The molecular formula is C17H23N7O2S. The van der Waals surface area contributed by atoms with Crippen LogP contribution in [0.4, 0.5) is 4.79 Å². The van der Waals surface area contributed by atoms with Crippen molar-refractivity contribution in [2.24, 2.45) is 10.9 Å². The molecule has 1 atom stereocenters. The second-order valence-corrected chi connectivity index (χ2v) is 7.97. The third-order valence-corrected chi connectivity index (χ3v) is 6.24. The van der Waals surface area contributed by atoms with Crippen LogP contribution in [0.3, 0.4) is 0 Å². The minimum absolute atomic E-state index is 0.109. The molecule has 1 unspecified atom stereocenters. The van der Waals surface area contributed by atoms with E-state index in [1.807, 2.05) is 29.1 Å². The fraction of sp³-hybridized carbons (Fsp3) is 0.529. The molecule has 3 N–H and O–H groups in total. The molecular weight excluding hydrogens is 366 g/mol. The molecule has 27 heavy (non-hydrogen) atoms. The van der Waals surface area contributed by atoms with E-state index in [2.05, 4.69) is 30.8 Å². The Kier molecular flexibility index (Phi) is 4.50. The summed E-state index contributed by atoms with van der Waals surface area (Å²) in [6, 6.07) is -0.401. The molecule has 9 nitrogen and oxygen atoms in total. The Morgan fingerprint density at radius 2 is 2.22 bits per heavy atom. The zero-order valence-corrected chi connectivity index (χ0v) is 16.2. The van der Waals surface area contributed by atoms with E-state index < -0.39 is 11.6 Å². The summed E-state index contributed by atoms with van der Waals surface area (Å²) < 4.78 is 2.01. The lowest BCUT2D eigenvalue weighted by molar-refractivity contribution is -0.125. The number of aromatic nitrogens is 2. The summed E-state index contributed by atoms with van der Waals surface area (Å²) in [5, 5.41) is 10.5. The number of likely N-dealkylation sites (tertiary alicyclic amines) is 1. The normalized spacial score (nSPS) is 24.4. The van der Waals surface area contributed by atoms with Crippen molar-refractivity contribution in [3.63, 3.8) is 0 Å². The molecule has 0 saturated carbocycles. The molecule has 0 spiro atoms. The number of rotatable bonds is 3. The number of imide groups is 1. The molecule has 0 aromatic carbocycles. The van der Waals surface area contributed by atoms with Crippen molar-refractivity contribution < 1.29 is 9.59 Å². The van der Waals surface area contributed by atoms with Crippen molar-refractivity contribution in [2.45, 2.75) is 31.8 Å². The van der Waals surface area contributed by atoms with Crippen LogP contribution in [0.15, 0.2) is 22.8 Å². The number of hydrogen-bond acceptors (Lipinski definition) is 5. The van der Waals surface area contributed by atoms with Gasteiger partial charge in [0.05, 0.1) is 12.2 Å². The second kappa shape index (κ2) is 6.84. The standard InChI is InChI=1S/C17H23N7O2S/c1-17(13(25)21-15(26)22-17)11-3-5-23(6-4-11)14(18-2)19-9-12-10-24-7-8-27-16(24)20-12/h7-8,10-11H,3-6,9H2,1-2H3,(H,18,19)(H2,21,22,25,26). The van der Waals surface area contributed by atoms with Crippen molar-refractivity contribution in [3.8, 4) is 0 Å². The highest BCUT2D eigenvalue weighted by atomic mass is 32.1. The first kappa shape index (κ1) is 17.8. The van der Waals surface area contributed by atoms with E-state index in [-0.39, 0.29) is 11.8 Å². The summed E-state index contributed by atoms with van der Waals surface area (Å²) in [7, 11) is 1.77. The third-order valence-electron chi connectivity index (χ3n) is 5.47. The van der Waals surface area contributed by atoms with E-state index >= 15 is 0 Å². The van der Waals surface area contributed by atoms with Crippen LogP contribution >= 0.6 is 11.3 Å². The quantitative estimate of drug-likeness (QED) is 0.409. The number of thiazole rings is 1. The Morgan fingerprint density at radius 3 is 2.85 bits per heavy atom. The molecule has 3 amide bonds. The summed E-state index contributed by atoms with van der Waals surface area (Å²) in [4.78, 5) is 35.8. The van der Waals surface area contributed by atoms with Gasteiger partial charge < -0.3 is 15.5 Å². The minimum Gasteiger partial charge on any atom is -0.351 e. The Balaban J connectivity index is 1.34. The molecule has 4 heterocycles. The van der Waals surface area contributed by atoms with E-state index in [1.54, 1.807) is 18.4 Å². The average molecular weight is 389 g/mol. The van der Waals surface area contributed by atoms with Gasteiger partial charge in [-0.1, -0.05) is 0 Å². The van der Waals surface area contributed by atoms with Crippen molar-refractivity contribution in [3.05, 3.63) is 23.5 Å². The fourth-order valence-electron chi connectivity index (χ4n) is 3.88. The second-order valence-electron chi connectivity index (χ2n) is 7.10. The van der Waals surface area contributed by atoms with E-state index in [4.69, 9.17) is 0 Å². The number of guanidine groups is 1.